The van der Waals surface area contributed by atoms with Crippen LogP contribution in [0.5, 0.6) is 0 Å². The molecule has 26 heavy (non-hydrogen) atoms. The van der Waals surface area contributed by atoms with Gasteiger partial charge in [0, 0.05) is 0 Å². The second-order valence-corrected chi connectivity index (χ2v) is 6.90. The van der Waals surface area contributed by atoms with Gasteiger partial charge in [-0.3, -0.25) is 0 Å². The van der Waals surface area contributed by atoms with Crippen LogP contribution in [0.3, 0.4) is 0 Å². The van der Waals surface area contributed by atoms with Crippen LogP contribution in [0.2, 0.25) is 0 Å². The smallest absolute Gasteiger partial charge is 0.0633 e. The van der Waals surface area contributed by atoms with Crippen LogP contribution >= 0.6 is 0 Å². The standard InChI is InChI=1S/C23H24N2O/c24-26-25-22(19-12-6-2-7-13-19)16-21(18-10-4-1-5-11-18)17-23(25)20-14-8-3-9-15-20/h1-15,21-23H,16-17,24H2/t21?,22-,23+. The van der Waals surface area contributed by atoms with Gasteiger partial charge < -0.3 is 0 Å². The van der Waals surface area contributed by atoms with Crippen molar-refractivity contribution in [1.82, 2.24) is 5.06 Å². The molecule has 3 atom stereocenters. The van der Waals surface area contributed by atoms with Gasteiger partial charge in [0.2, 0.25) is 0 Å². The lowest BCUT2D eigenvalue weighted by Gasteiger charge is -2.43. The predicted octanol–water partition coefficient (Wildman–Crippen LogP) is 5.15. The van der Waals surface area contributed by atoms with Crippen molar-refractivity contribution in [3.8, 4) is 0 Å². The van der Waals surface area contributed by atoms with Crippen LogP contribution in [0.25, 0.3) is 0 Å². The zero-order chi connectivity index (χ0) is 17.8. The largest absolute Gasteiger partial charge is 0.213 e. The van der Waals surface area contributed by atoms with Gasteiger partial charge in [0.1, 0.15) is 0 Å². The van der Waals surface area contributed by atoms with Crippen LogP contribution in [0.15, 0.2) is 91.0 Å². The van der Waals surface area contributed by atoms with Gasteiger partial charge in [-0.15, -0.1) is 0 Å². The molecule has 1 saturated heterocycles. The molecule has 2 N–H and O–H groups in total. The quantitative estimate of drug-likeness (QED) is 0.665. The number of hydroxylamine groups is 2. The van der Waals surface area contributed by atoms with E-state index in [1.807, 2.05) is 17.2 Å². The first-order chi connectivity index (χ1) is 12.9. The summed E-state index contributed by atoms with van der Waals surface area (Å²) >= 11 is 0. The van der Waals surface area contributed by atoms with Crippen molar-refractivity contribution in [2.45, 2.75) is 30.8 Å². The second-order valence-electron chi connectivity index (χ2n) is 6.90. The number of hydrogen-bond donors (Lipinski definition) is 1. The van der Waals surface area contributed by atoms with Crippen LogP contribution in [-0.2, 0) is 4.94 Å². The molecule has 1 fully saturated rings. The summed E-state index contributed by atoms with van der Waals surface area (Å²) in [5.41, 5.74) is 3.85. The Bertz CT molecular complexity index is 758. The van der Waals surface area contributed by atoms with Crippen LogP contribution in [-0.4, -0.2) is 5.06 Å². The van der Waals surface area contributed by atoms with Gasteiger partial charge in [-0.25, -0.2) is 4.94 Å². The van der Waals surface area contributed by atoms with Crippen LogP contribution in [0.4, 0.5) is 0 Å². The number of nitrogens with two attached hydrogens (primary N) is 1. The van der Waals surface area contributed by atoms with Crippen molar-refractivity contribution in [2.24, 2.45) is 5.90 Å². The molecule has 0 saturated carbocycles. The fraction of sp³-hybridized carbons (Fsp3) is 0.217. The molecular formula is C23H24N2O. The zero-order valence-electron chi connectivity index (χ0n) is 14.7. The number of piperidine rings is 1. The van der Waals surface area contributed by atoms with Crippen LogP contribution < -0.4 is 5.90 Å². The minimum absolute atomic E-state index is 0.116. The van der Waals surface area contributed by atoms with E-state index in [9.17, 15) is 0 Å². The average molecular weight is 344 g/mol. The minimum Gasteiger partial charge on any atom is -0.213 e. The third-order valence-corrected chi connectivity index (χ3v) is 5.39. The van der Waals surface area contributed by atoms with E-state index in [0.717, 1.165) is 12.8 Å². The minimum atomic E-state index is 0.116. The summed E-state index contributed by atoms with van der Waals surface area (Å²) in [7, 11) is 0. The highest BCUT2D eigenvalue weighted by atomic mass is 16.8. The van der Waals surface area contributed by atoms with E-state index in [1.54, 1.807) is 0 Å². The Kier molecular flexibility index (Phi) is 5.12. The van der Waals surface area contributed by atoms with Crippen molar-refractivity contribution in [1.29, 1.82) is 0 Å². The molecule has 0 spiro atoms. The third kappa shape index (κ3) is 3.42. The van der Waals surface area contributed by atoms with Gasteiger partial charge in [-0.1, -0.05) is 91.0 Å². The SMILES string of the molecule is NON1[C@@H](c2ccccc2)CC(c2ccccc2)C[C@H]1c1ccccc1. The molecular weight excluding hydrogens is 320 g/mol. The van der Waals surface area contributed by atoms with Crippen molar-refractivity contribution in [3.05, 3.63) is 108 Å². The molecule has 0 radical (unpaired) electrons. The summed E-state index contributed by atoms with van der Waals surface area (Å²) < 4.78 is 0. The molecule has 1 aliphatic rings. The zero-order valence-corrected chi connectivity index (χ0v) is 14.7. The van der Waals surface area contributed by atoms with E-state index in [-0.39, 0.29) is 12.1 Å². The summed E-state index contributed by atoms with van der Waals surface area (Å²) in [5.74, 6) is 6.23. The number of nitrogens with zero attached hydrogens (tertiary/aromatic N) is 1. The highest BCUT2D eigenvalue weighted by Gasteiger charge is 2.38. The van der Waals surface area contributed by atoms with Crippen molar-refractivity contribution < 1.29 is 4.94 Å². The summed E-state index contributed by atoms with van der Waals surface area (Å²) in [5, 5.41) is 1.98. The number of rotatable bonds is 4. The lowest BCUT2D eigenvalue weighted by Crippen LogP contribution is -2.40. The lowest BCUT2D eigenvalue weighted by atomic mass is 9.79. The molecule has 3 nitrogen and oxygen atoms in total. The molecule has 4 rings (SSSR count). The van der Waals surface area contributed by atoms with E-state index in [0.29, 0.717) is 5.92 Å². The lowest BCUT2D eigenvalue weighted by molar-refractivity contribution is -0.238. The van der Waals surface area contributed by atoms with Gasteiger partial charge in [0.15, 0.2) is 0 Å². The first kappa shape index (κ1) is 17.0. The fourth-order valence-electron chi connectivity index (χ4n) is 4.12. The number of hydrogen-bond acceptors (Lipinski definition) is 3. The predicted molar refractivity (Wildman–Crippen MR) is 104 cm³/mol. The first-order valence-corrected chi connectivity index (χ1v) is 9.17. The van der Waals surface area contributed by atoms with E-state index in [2.05, 4.69) is 78.9 Å². The Morgan fingerprint density at radius 3 is 1.38 bits per heavy atom. The average Bonchev–Trinajstić information content (AvgIpc) is 2.74. The van der Waals surface area contributed by atoms with E-state index >= 15 is 0 Å². The normalized spacial score (nSPS) is 23.7. The molecule has 132 valence electrons. The monoisotopic (exact) mass is 344 g/mol. The van der Waals surface area contributed by atoms with Crippen molar-refractivity contribution >= 4 is 0 Å². The fourth-order valence-corrected chi connectivity index (χ4v) is 4.12. The molecule has 0 aromatic heterocycles. The van der Waals surface area contributed by atoms with Crippen molar-refractivity contribution in [2.75, 3.05) is 0 Å². The van der Waals surface area contributed by atoms with Gasteiger partial charge >= 0.3 is 0 Å². The summed E-state index contributed by atoms with van der Waals surface area (Å²) in [4.78, 5) is 5.44. The maximum atomic E-state index is 5.77. The highest BCUT2D eigenvalue weighted by Crippen LogP contribution is 2.47. The number of benzene rings is 3. The molecule has 0 amide bonds. The molecule has 3 aromatic rings. The summed E-state index contributed by atoms with van der Waals surface area (Å²) in [6, 6.07) is 32.0. The van der Waals surface area contributed by atoms with E-state index in [1.165, 1.54) is 16.7 Å². The van der Waals surface area contributed by atoms with Crippen LogP contribution in [0, 0.1) is 0 Å². The molecule has 0 aliphatic carbocycles. The molecule has 1 unspecified atom stereocenters. The molecule has 0 bridgehead atoms. The molecule has 3 heteroatoms. The molecule has 1 aliphatic heterocycles. The van der Waals surface area contributed by atoms with Gasteiger partial charge in [-0.05, 0) is 35.4 Å². The Hall–Kier alpha value is -2.46. The molecule has 1 heterocycles. The maximum absolute atomic E-state index is 5.77. The third-order valence-electron chi connectivity index (χ3n) is 5.39. The Balaban J connectivity index is 1.74. The highest BCUT2D eigenvalue weighted by molar-refractivity contribution is 5.28. The van der Waals surface area contributed by atoms with Crippen LogP contribution in [0.1, 0.15) is 47.5 Å². The topological polar surface area (TPSA) is 38.5 Å². The Morgan fingerprint density at radius 2 is 1.00 bits per heavy atom. The van der Waals surface area contributed by atoms with E-state index < -0.39 is 0 Å². The summed E-state index contributed by atoms with van der Waals surface area (Å²) in [6.07, 6.45) is 1.96. The van der Waals surface area contributed by atoms with E-state index in [4.69, 9.17) is 10.8 Å². The van der Waals surface area contributed by atoms with Crippen molar-refractivity contribution in [3.63, 3.8) is 0 Å². The van der Waals surface area contributed by atoms with Gasteiger partial charge in [-0.2, -0.15) is 11.0 Å². The maximum Gasteiger partial charge on any atom is 0.0633 e. The Labute approximate surface area is 154 Å². The second kappa shape index (κ2) is 7.83. The first-order valence-electron chi connectivity index (χ1n) is 9.17. The van der Waals surface area contributed by atoms with Gasteiger partial charge in [0.05, 0.1) is 12.1 Å². The molecule has 3 aromatic carbocycles. The Morgan fingerprint density at radius 1 is 0.615 bits per heavy atom. The summed E-state index contributed by atoms with van der Waals surface area (Å²) in [6.45, 7) is 0. The van der Waals surface area contributed by atoms with Gasteiger partial charge in [0.25, 0.3) is 0 Å².